The molecule has 0 aliphatic carbocycles. The summed E-state index contributed by atoms with van der Waals surface area (Å²) >= 11 is 1.40. The van der Waals surface area contributed by atoms with Gasteiger partial charge in [0.15, 0.2) is 0 Å². The second kappa shape index (κ2) is 6.21. The number of nitrogens with one attached hydrogen (secondary N) is 2. The van der Waals surface area contributed by atoms with Crippen molar-refractivity contribution in [2.24, 2.45) is 0 Å². The van der Waals surface area contributed by atoms with Crippen LogP contribution < -0.4 is 15.6 Å². The molecule has 7 heteroatoms. The number of methoxy groups -OCH3 is 1. The highest BCUT2D eigenvalue weighted by Crippen LogP contribution is 2.34. The molecule has 0 unspecified atom stereocenters. The van der Waals surface area contributed by atoms with Gasteiger partial charge in [-0.2, -0.15) is 0 Å². The van der Waals surface area contributed by atoms with Gasteiger partial charge in [-0.3, -0.25) is 15.6 Å². The van der Waals surface area contributed by atoms with E-state index in [1.807, 2.05) is 19.1 Å². The molecule has 3 aromatic rings. The fourth-order valence-corrected chi connectivity index (χ4v) is 3.04. The lowest BCUT2D eigenvalue weighted by molar-refractivity contribution is 0.0962. The molecule has 0 atom stereocenters. The fourth-order valence-electron chi connectivity index (χ4n) is 2.14. The number of aryl methyl sites for hydroxylation is 1. The van der Waals surface area contributed by atoms with Crippen molar-refractivity contribution in [1.82, 2.24) is 10.4 Å². The molecule has 118 valence electrons. The number of anilines is 1. The Hall–Kier alpha value is -2.67. The van der Waals surface area contributed by atoms with Crippen molar-refractivity contribution in [3.63, 3.8) is 0 Å². The maximum atomic E-state index is 13.1. The van der Waals surface area contributed by atoms with Crippen molar-refractivity contribution < 1.29 is 13.9 Å². The van der Waals surface area contributed by atoms with Gasteiger partial charge in [-0.15, -0.1) is 0 Å². The molecular formula is C16H14FN3O2S. The molecule has 1 aromatic heterocycles. The monoisotopic (exact) mass is 331 g/mol. The molecule has 0 radical (unpaired) electrons. The molecule has 23 heavy (non-hydrogen) atoms. The molecular weight excluding hydrogens is 317 g/mol. The molecule has 0 saturated carbocycles. The lowest BCUT2D eigenvalue weighted by atomic mass is 10.2. The van der Waals surface area contributed by atoms with Gasteiger partial charge in [-0.1, -0.05) is 23.5 Å². The Morgan fingerprint density at radius 2 is 2.13 bits per heavy atom. The minimum Gasteiger partial charge on any atom is -0.494 e. The zero-order valence-electron chi connectivity index (χ0n) is 12.5. The maximum absolute atomic E-state index is 13.1. The third-order valence-corrected chi connectivity index (χ3v) is 4.40. The van der Waals surface area contributed by atoms with E-state index in [-0.39, 0.29) is 5.56 Å². The standard InChI is InChI=1S/C16H14FN3O2S/c1-9-6-7-12(22-2)13-14(9)23-16(18-13)20-19-15(21)10-4-3-5-11(17)8-10/h3-8H,1-2H3,(H,18,20)(H,19,21). The number of carbonyl (C=O) groups excluding carboxylic acids is 1. The third-order valence-electron chi connectivity index (χ3n) is 3.29. The topological polar surface area (TPSA) is 63.2 Å². The van der Waals surface area contributed by atoms with Crippen molar-refractivity contribution in [1.29, 1.82) is 0 Å². The lowest BCUT2D eigenvalue weighted by Crippen LogP contribution is -2.29. The SMILES string of the molecule is COc1ccc(C)c2sc(NNC(=O)c3cccc(F)c3)nc12. The molecule has 0 bridgehead atoms. The van der Waals surface area contributed by atoms with Gasteiger partial charge in [-0.25, -0.2) is 9.37 Å². The van der Waals surface area contributed by atoms with Gasteiger partial charge < -0.3 is 4.74 Å². The number of amides is 1. The van der Waals surface area contributed by atoms with E-state index in [4.69, 9.17) is 4.74 Å². The maximum Gasteiger partial charge on any atom is 0.269 e. The zero-order valence-corrected chi connectivity index (χ0v) is 13.3. The molecule has 1 heterocycles. The lowest BCUT2D eigenvalue weighted by Gasteiger charge is -2.05. The average Bonchev–Trinajstić information content (AvgIpc) is 2.98. The molecule has 5 nitrogen and oxygen atoms in total. The fraction of sp³-hybridized carbons (Fsp3) is 0.125. The van der Waals surface area contributed by atoms with Crippen molar-refractivity contribution in [3.8, 4) is 5.75 Å². The van der Waals surface area contributed by atoms with Crippen molar-refractivity contribution in [2.75, 3.05) is 12.5 Å². The van der Waals surface area contributed by atoms with Crippen LogP contribution in [0.1, 0.15) is 15.9 Å². The smallest absolute Gasteiger partial charge is 0.269 e. The Morgan fingerprint density at radius 3 is 2.87 bits per heavy atom. The first-order valence-corrected chi connectivity index (χ1v) is 7.66. The number of thiazole rings is 1. The molecule has 2 aromatic carbocycles. The first-order valence-electron chi connectivity index (χ1n) is 6.84. The van der Waals surface area contributed by atoms with E-state index in [2.05, 4.69) is 15.8 Å². The van der Waals surface area contributed by atoms with Crippen LogP contribution in [0.5, 0.6) is 5.75 Å². The number of benzene rings is 2. The molecule has 0 aliphatic rings. The van der Waals surface area contributed by atoms with E-state index in [9.17, 15) is 9.18 Å². The van der Waals surface area contributed by atoms with Crippen molar-refractivity contribution >= 4 is 32.6 Å². The highest BCUT2D eigenvalue weighted by Gasteiger charge is 2.12. The summed E-state index contributed by atoms with van der Waals surface area (Å²) in [6.45, 7) is 1.98. The molecule has 3 rings (SSSR count). The van der Waals surface area contributed by atoms with Gasteiger partial charge in [-0.05, 0) is 36.8 Å². The van der Waals surface area contributed by atoms with Gasteiger partial charge in [0, 0.05) is 5.56 Å². The number of carbonyl (C=O) groups is 1. The Kier molecular flexibility index (Phi) is 4.12. The first kappa shape index (κ1) is 15.2. The van der Waals surface area contributed by atoms with Crippen LogP contribution >= 0.6 is 11.3 Å². The minimum absolute atomic E-state index is 0.229. The second-order valence-corrected chi connectivity index (χ2v) is 5.87. The number of ether oxygens (including phenoxy) is 1. The van der Waals surface area contributed by atoms with E-state index in [0.29, 0.717) is 10.9 Å². The van der Waals surface area contributed by atoms with Crippen LogP contribution in [-0.2, 0) is 0 Å². The number of hydrogen-bond donors (Lipinski definition) is 2. The zero-order chi connectivity index (χ0) is 16.4. The van der Waals surface area contributed by atoms with E-state index >= 15 is 0 Å². The number of aromatic nitrogens is 1. The van der Waals surface area contributed by atoms with Crippen LogP contribution in [0.25, 0.3) is 10.2 Å². The van der Waals surface area contributed by atoms with Gasteiger partial charge in [0.25, 0.3) is 5.91 Å². The summed E-state index contributed by atoms with van der Waals surface area (Å²) in [7, 11) is 1.59. The molecule has 0 spiro atoms. The predicted molar refractivity (Wildman–Crippen MR) is 88.4 cm³/mol. The average molecular weight is 331 g/mol. The number of hydrazine groups is 1. The van der Waals surface area contributed by atoms with E-state index < -0.39 is 11.7 Å². The number of rotatable bonds is 4. The summed E-state index contributed by atoms with van der Waals surface area (Å²) in [4.78, 5) is 16.4. The first-order chi connectivity index (χ1) is 11.1. The van der Waals surface area contributed by atoms with Crippen LogP contribution in [0.2, 0.25) is 0 Å². The molecule has 1 amide bonds. The minimum atomic E-state index is -0.460. The van der Waals surface area contributed by atoms with E-state index in [1.165, 1.54) is 35.6 Å². The molecule has 0 aliphatic heterocycles. The molecule has 0 fully saturated rings. The van der Waals surface area contributed by atoms with Crippen molar-refractivity contribution in [3.05, 3.63) is 53.3 Å². The molecule has 2 N–H and O–H groups in total. The summed E-state index contributed by atoms with van der Waals surface area (Å²) in [5, 5.41) is 0.525. The highest BCUT2D eigenvalue weighted by molar-refractivity contribution is 7.22. The van der Waals surface area contributed by atoms with Gasteiger partial charge in [0.1, 0.15) is 17.1 Å². The summed E-state index contributed by atoms with van der Waals surface area (Å²) in [5.74, 6) is -0.225. The normalized spacial score (nSPS) is 10.6. The third kappa shape index (κ3) is 3.09. The number of halogens is 1. The van der Waals surface area contributed by atoms with Crippen LogP contribution in [0.4, 0.5) is 9.52 Å². The van der Waals surface area contributed by atoms with E-state index in [1.54, 1.807) is 7.11 Å². The predicted octanol–water partition coefficient (Wildman–Crippen LogP) is 3.51. The summed E-state index contributed by atoms with van der Waals surface area (Å²) in [5.41, 5.74) is 7.31. The summed E-state index contributed by atoms with van der Waals surface area (Å²) in [6.07, 6.45) is 0. The van der Waals surface area contributed by atoms with Crippen LogP contribution in [0.3, 0.4) is 0 Å². The Labute approximate surface area is 136 Å². The number of fused-ring (bicyclic) bond motifs is 1. The van der Waals surface area contributed by atoms with Gasteiger partial charge in [0.05, 0.1) is 11.8 Å². The summed E-state index contributed by atoms with van der Waals surface area (Å²) in [6, 6.07) is 9.28. The largest absolute Gasteiger partial charge is 0.494 e. The Morgan fingerprint density at radius 1 is 1.30 bits per heavy atom. The van der Waals surface area contributed by atoms with Gasteiger partial charge in [0.2, 0.25) is 5.13 Å². The highest BCUT2D eigenvalue weighted by atomic mass is 32.1. The van der Waals surface area contributed by atoms with Crippen LogP contribution in [-0.4, -0.2) is 18.0 Å². The Bertz CT molecular complexity index is 879. The van der Waals surface area contributed by atoms with Gasteiger partial charge >= 0.3 is 0 Å². The Balaban J connectivity index is 1.80. The van der Waals surface area contributed by atoms with Crippen LogP contribution in [0, 0.1) is 12.7 Å². The molecule has 0 saturated heterocycles. The van der Waals surface area contributed by atoms with Crippen LogP contribution in [0.15, 0.2) is 36.4 Å². The van der Waals surface area contributed by atoms with E-state index in [0.717, 1.165) is 15.8 Å². The number of nitrogens with zero attached hydrogens (tertiary/aromatic N) is 1. The van der Waals surface area contributed by atoms with Crippen molar-refractivity contribution in [2.45, 2.75) is 6.92 Å². The summed E-state index contributed by atoms with van der Waals surface area (Å²) < 4.78 is 19.4. The second-order valence-electron chi connectivity index (χ2n) is 4.87. The number of hydrogen-bond acceptors (Lipinski definition) is 5. The quantitative estimate of drug-likeness (QED) is 0.718.